The smallest absolute Gasteiger partial charge is 0.133 e. The summed E-state index contributed by atoms with van der Waals surface area (Å²) in [6, 6.07) is 12.1. The molecule has 0 bridgehead atoms. The second kappa shape index (κ2) is 6.11. The lowest BCUT2D eigenvalue weighted by Gasteiger charge is -2.11. The Hall–Kier alpha value is -1.48. The zero-order chi connectivity index (χ0) is 13.8. The molecular formula is C16H17BrO2. The van der Waals surface area contributed by atoms with E-state index in [1.807, 2.05) is 30.3 Å². The maximum Gasteiger partial charge on any atom is 0.133 e. The van der Waals surface area contributed by atoms with Crippen molar-refractivity contribution in [3.63, 3.8) is 0 Å². The van der Waals surface area contributed by atoms with E-state index in [1.165, 1.54) is 11.1 Å². The van der Waals surface area contributed by atoms with Crippen LogP contribution in [0, 0.1) is 13.8 Å². The van der Waals surface area contributed by atoms with Gasteiger partial charge in [0.15, 0.2) is 0 Å². The molecule has 0 radical (unpaired) electrons. The molecule has 19 heavy (non-hydrogen) atoms. The van der Waals surface area contributed by atoms with E-state index >= 15 is 0 Å². The lowest BCUT2D eigenvalue weighted by molar-refractivity contribution is 0.303. The Morgan fingerprint density at radius 1 is 1.05 bits per heavy atom. The highest BCUT2D eigenvalue weighted by Gasteiger charge is 2.04. The van der Waals surface area contributed by atoms with Gasteiger partial charge in [0.25, 0.3) is 0 Å². The molecule has 3 heteroatoms. The summed E-state index contributed by atoms with van der Waals surface area (Å²) in [5.41, 5.74) is 3.54. The van der Waals surface area contributed by atoms with Gasteiger partial charge >= 0.3 is 0 Å². The van der Waals surface area contributed by atoms with Crippen molar-refractivity contribution in [2.24, 2.45) is 0 Å². The number of ether oxygens (including phenoxy) is 2. The van der Waals surface area contributed by atoms with E-state index in [9.17, 15) is 0 Å². The Kier molecular flexibility index (Phi) is 4.48. The molecule has 0 spiro atoms. The maximum absolute atomic E-state index is 5.87. The molecule has 0 N–H and O–H groups in total. The van der Waals surface area contributed by atoms with Crippen LogP contribution in [0.15, 0.2) is 40.9 Å². The molecule has 0 unspecified atom stereocenters. The van der Waals surface area contributed by atoms with Gasteiger partial charge in [-0.05, 0) is 64.7 Å². The van der Waals surface area contributed by atoms with E-state index in [4.69, 9.17) is 9.47 Å². The minimum atomic E-state index is 0.548. The van der Waals surface area contributed by atoms with E-state index in [1.54, 1.807) is 7.11 Å². The van der Waals surface area contributed by atoms with Gasteiger partial charge < -0.3 is 9.47 Å². The summed E-state index contributed by atoms with van der Waals surface area (Å²) in [7, 11) is 1.66. The lowest BCUT2D eigenvalue weighted by Crippen LogP contribution is -1.98. The third kappa shape index (κ3) is 3.29. The molecule has 2 nitrogen and oxygen atoms in total. The number of rotatable bonds is 4. The van der Waals surface area contributed by atoms with Crippen LogP contribution in [0.1, 0.15) is 16.7 Å². The van der Waals surface area contributed by atoms with Gasteiger partial charge in [0, 0.05) is 0 Å². The van der Waals surface area contributed by atoms with Crippen LogP contribution in [0.4, 0.5) is 0 Å². The van der Waals surface area contributed by atoms with Crippen LogP contribution in [0.5, 0.6) is 11.5 Å². The first-order valence-corrected chi connectivity index (χ1v) is 6.92. The Morgan fingerprint density at radius 2 is 1.84 bits per heavy atom. The van der Waals surface area contributed by atoms with Crippen molar-refractivity contribution < 1.29 is 9.47 Å². The normalized spacial score (nSPS) is 10.3. The van der Waals surface area contributed by atoms with Crippen LogP contribution in [-0.4, -0.2) is 7.11 Å². The SMILES string of the molecule is COc1ccc(COc2cccc(C)c2C)cc1Br. The van der Waals surface area contributed by atoms with E-state index in [2.05, 4.69) is 35.8 Å². The molecule has 2 aromatic rings. The first-order valence-electron chi connectivity index (χ1n) is 6.13. The fraction of sp³-hybridized carbons (Fsp3) is 0.250. The Morgan fingerprint density at radius 3 is 2.53 bits per heavy atom. The summed E-state index contributed by atoms with van der Waals surface area (Å²) in [6.45, 7) is 4.72. The van der Waals surface area contributed by atoms with Gasteiger partial charge in [-0.15, -0.1) is 0 Å². The van der Waals surface area contributed by atoms with E-state index in [0.29, 0.717) is 6.61 Å². The summed E-state index contributed by atoms with van der Waals surface area (Å²) in [5, 5.41) is 0. The molecule has 0 atom stereocenters. The predicted molar refractivity (Wildman–Crippen MR) is 80.9 cm³/mol. The van der Waals surface area contributed by atoms with Crippen LogP contribution >= 0.6 is 15.9 Å². The average Bonchev–Trinajstić information content (AvgIpc) is 2.40. The van der Waals surface area contributed by atoms with Crippen LogP contribution in [0.25, 0.3) is 0 Å². The van der Waals surface area contributed by atoms with Gasteiger partial charge in [-0.1, -0.05) is 18.2 Å². The molecule has 100 valence electrons. The zero-order valence-corrected chi connectivity index (χ0v) is 13.0. The fourth-order valence-electron chi connectivity index (χ4n) is 1.84. The second-order valence-electron chi connectivity index (χ2n) is 4.46. The van der Waals surface area contributed by atoms with Crippen LogP contribution in [-0.2, 0) is 6.61 Å². The molecule has 0 aliphatic carbocycles. The zero-order valence-electron chi connectivity index (χ0n) is 11.4. The van der Waals surface area contributed by atoms with Crippen LogP contribution < -0.4 is 9.47 Å². The fourth-order valence-corrected chi connectivity index (χ4v) is 2.43. The number of aryl methyl sites for hydroxylation is 1. The Balaban J connectivity index is 2.10. The van der Waals surface area contributed by atoms with Gasteiger partial charge in [0.2, 0.25) is 0 Å². The van der Waals surface area contributed by atoms with Crippen molar-refractivity contribution in [3.05, 3.63) is 57.6 Å². The molecule has 0 aromatic heterocycles. The third-order valence-electron chi connectivity index (χ3n) is 3.17. The topological polar surface area (TPSA) is 18.5 Å². The van der Waals surface area contributed by atoms with Crippen molar-refractivity contribution in [2.45, 2.75) is 20.5 Å². The molecule has 0 aliphatic rings. The molecule has 0 saturated carbocycles. The molecule has 0 aliphatic heterocycles. The van der Waals surface area contributed by atoms with Crippen LogP contribution in [0.3, 0.4) is 0 Å². The highest BCUT2D eigenvalue weighted by atomic mass is 79.9. The first-order chi connectivity index (χ1) is 9.11. The van der Waals surface area contributed by atoms with Crippen molar-refractivity contribution in [2.75, 3.05) is 7.11 Å². The molecular weight excluding hydrogens is 304 g/mol. The van der Waals surface area contributed by atoms with Crippen molar-refractivity contribution in [1.82, 2.24) is 0 Å². The highest BCUT2D eigenvalue weighted by Crippen LogP contribution is 2.27. The summed E-state index contributed by atoms with van der Waals surface area (Å²) >= 11 is 3.48. The summed E-state index contributed by atoms with van der Waals surface area (Å²) in [4.78, 5) is 0. The lowest BCUT2D eigenvalue weighted by atomic mass is 10.1. The standard InChI is InChI=1S/C16H17BrO2/c1-11-5-4-6-15(12(11)2)19-10-13-7-8-16(18-3)14(17)9-13/h4-9H,10H2,1-3H3. The van der Waals surface area contributed by atoms with Gasteiger partial charge in [0.05, 0.1) is 11.6 Å². The number of hydrogen-bond donors (Lipinski definition) is 0. The maximum atomic E-state index is 5.87. The highest BCUT2D eigenvalue weighted by molar-refractivity contribution is 9.10. The van der Waals surface area contributed by atoms with E-state index in [-0.39, 0.29) is 0 Å². The summed E-state index contributed by atoms with van der Waals surface area (Å²) in [5.74, 6) is 1.77. The molecule has 2 rings (SSSR count). The van der Waals surface area contributed by atoms with E-state index in [0.717, 1.165) is 21.5 Å². The quantitative estimate of drug-likeness (QED) is 0.816. The Bertz CT molecular complexity index is 579. The number of methoxy groups -OCH3 is 1. The Labute approximate surface area is 122 Å². The summed E-state index contributed by atoms with van der Waals surface area (Å²) in [6.07, 6.45) is 0. The van der Waals surface area contributed by atoms with Gasteiger partial charge in [-0.3, -0.25) is 0 Å². The largest absolute Gasteiger partial charge is 0.496 e. The number of benzene rings is 2. The van der Waals surface area contributed by atoms with Crippen molar-refractivity contribution in [1.29, 1.82) is 0 Å². The number of hydrogen-bond acceptors (Lipinski definition) is 2. The minimum Gasteiger partial charge on any atom is -0.496 e. The number of halogens is 1. The monoisotopic (exact) mass is 320 g/mol. The molecule has 0 fully saturated rings. The summed E-state index contributed by atoms with van der Waals surface area (Å²) < 4.78 is 12.0. The third-order valence-corrected chi connectivity index (χ3v) is 3.79. The van der Waals surface area contributed by atoms with Crippen LogP contribution in [0.2, 0.25) is 0 Å². The van der Waals surface area contributed by atoms with Gasteiger partial charge in [-0.25, -0.2) is 0 Å². The molecule has 2 aromatic carbocycles. The van der Waals surface area contributed by atoms with E-state index < -0.39 is 0 Å². The van der Waals surface area contributed by atoms with Gasteiger partial charge in [-0.2, -0.15) is 0 Å². The minimum absolute atomic E-state index is 0.548. The molecule has 0 saturated heterocycles. The van der Waals surface area contributed by atoms with Crippen molar-refractivity contribution in [3.8, 4) is 11.5 Å². The first kappa shape index (κ1) is 13.9. The van der Waals surface area contributed by atoms with Gasteiger partial charge in [0.1, 0.15) is 18.1 Å². The second-order valence-corrected chi connectivity index (χ2v) is 5.31. The average molecular weight is 321 g/mol. The predicted octanol–water partition coefficient (Wildman–Crippen LogP) is 4.65. The molecule has 0 amide bonds. The van der Waals surface area contributed by atoms with Crippen molar-refractivity contribution >= 4 is 15.9 Å². The molecule has 0 heterocycles.